The Labute approximate surface area is 130 Å². The highest BCUT2D eigenvalue weighted by molar-refractivity contribution is 6.00. The predicted molar refractivity (Wildman–Crippen MR) is 85.3 cm³/mol. The molecule has 114 valence electrons. The van der Waals surface area contributed by atoms with Crippen LogP contribution in [0.25, 0.3) is 0 Å². The minimum atomic E-state index is -0.314. The van der Waals surface area contributed by atoms with E-state index in [4.69, 9.17) is 0 Å². The van der Waals surface area contributed by atoms with Gasteiger partial charge in [-0.15, -0.1) is 0 Å². The summed E-state index contributed by atoms with van der Waals surface area (Å²) in [6.07, 6.45) is 3.48. The number of ketones is 1. The molecule has 0 bridgehead atoms. The van der Waals surface area contributed by atoms with E-state index in [9.17, 15) is 9.18 Å². The van der Waals surface area contributed by atoms with E-state index < -0.39 is 0 Å². The molecule has 0 amide bonds. The van der Waals surface area contributed by atoms with E-state index >= 15 is 0 Å². The van der Waals surface area contributed by atoms with Gasteiger partial charge in [-0.2, -0.15) is 0 Å². The molecule has 3 rings (SSSR count). The molecule has 1 atom stereocenters. The van der Waals surface area contributed by atoms with Gasteiger partial charge in [-0.25, -0.2) is 4.39 Å². The lowest BCUT2D eigenvalue weighted by Crippen LogP contribution is -2.38. The second kappa shape index (κ2) is 6.84. The Balaban J connectivity index is 1.93. The molecule has 0 N–H and O–H groups in total. The Hall–Kier alpha value is -2.00. The van der Waals surface area contributed by atoms with Crippen LogP contribution in [0, 0.1) is 5.82 Å². The number of hydrogen-bond donors (Lipinski definition) is 0. The topological polar surface area (TPSA) is 20.3 Å². The van der Waals surface area contributed by atoms with Gasteiger partial charge in [0.05, 0.1) is 6.04 Å². The molecule has 0 aliphatic carbocycles. The minimum Gasteiger partial charge on any atom is -0.292 e. The van der Waals surface area contributed by atoms with Gasteiger partial charge < -0.3 is 0 Å². The molecule has 1 unspecified atom stereocenters. The zero-order valence-electron chi connectivity index (χ0n) is 12.5. The third-order valence-electron chi connectivity index (χ3n) is 4.25. The van der Waals surface area contributed by atoms with Crippen LogP contribution in [-0.4, -0.2) is 23.8 Å². The maximum absolute atomic E-state index is 13.1. The highest BCUT2D eigenvalue weighted by atomic mass is 19.1. The SMILES string of the molecule is O=C(c1ccc(F)cc1)C(c1ccccc1)N1CCCCC1. The Bertz CT molecular complexity index is 618. The van der Waals surface area contributed by atoms with Crippen molar-refractivity contribution in [1.29, 1.82) is 0 Å². The Kier molecular flexibility index (Phi) is 4.64. The van der Waals surface area contributed by atoms with Crippen molar-refractivity contribution in [2.45, 2.75) is 25.3 Å². The molecule has 1 aliphatic rings. The summed E-state index contributed by atoms with van der Waals surface area (Å²) >= 11 is 0. The van der Waals surface area contributed by atoms with Crippen molar-refractivity contribution < 1.29 is 9.18 Å². The number of benzene rings is 2. The van der Waals surface area contributed by atoms with Crippen molar-refractivity contribution in [1.82, 2.24) is 4.90 Å². The Morgan fingerprint density at radius 3 is 2.18 bits per heavy atom. The lowest BCUT2D eigenvalue weighted by molar-refractivity contribution is 0.0782. The molecular weight excluding hydrogens is 277 g/mol. The van der Waals surface area contributed by atoms with Crippen molar-refractivity contribution in [2.75, 3.05) is 13.1 Å². The molecule has 22 heavy (non-hydrogen) atoms. The summed E-state index contributed by atoms with van der Waals surface area (Å²) in [4.78, 5) is 15.2. The molecule has 0 aromatic heterocycles. The first-order chi connectivity index (χ1) is 10.8. The van der Waals surface area contributed by atoms with Crippen LogP contribution in [0.2, 0.25) is 0 Å². The standard InChI is InChI=1S/C19H20FNO/c20-17-11-9-16(10-12-17)19(22)18(15-7-3-1-4-8-15)21-13-5-2-6-14-21/h1,3-4,7-12,18H,2,5-6,13-14H2. The monoisotopic (exact) mass is 297 g/mol. The zero-order chi connectivity index (χ0) is 15.4. The third kappa shape index (κ3) is 3.25. The normalized spacial score (nSPS) is 17.1. The molecule has 3 heteroatoms. The maximum Gasteiger partial charge on any atom is 0.184 e. The van der Waals surface area contributed by atoms with Crippen LogP contribution in [0.5, 0.6) is 0 Å². The molecular formula is C19H20FNO. The number of Topliss-reactive ketones (excluding diaryl/α,β-unsaturated/α-hetero) is 1. The minimum absolute atomic E-state index is 0.0492. The average molecular weight is 297 g/mol. The molecule has 2 aromatic carbocycles. The molecule has 0 saturated carbocycles. The maximum atomic E-state index is 13.1. The van der Waals surface area contributed by atoms with E-state index in [2.05, 4.69) is 4.90 Å². The van der Waals surface area contributed by atoms with Gasteiger partial charge in [0.1, 0.15) is 5.82 Å². The van der Waals surface area contributed by atoms with Crippen LogP contribution in [0.1, 0.15) is 41.2 Å². The molecule has 0 spiro atoms. The average Bonchev–Trinajstić information content (AvgIpc) is 2.57. The first kappa shape index (κ1) is 14.9. The first-order valence-corrected chi connectivity index (χ1v) is 7.84. The molecule has 2 nitrogen and oxygen atoms in total. The molecule has 1 saturated heterocycles. The first-order valence-electron chi connectivity index (χ1n) is 7.84. The number of piperidine rings is 1. The molecule has 1 fully saturated rings. The fraction of sp³-hybridized carbons (Fsp3) is 0.316. The van der Waals surface area contributed by atoms with Gasteiger partial charge in [0.25, 0.3) is 0 Å². The summed E-state index contributed by atoms with van der Waals surface area (Å²) < 4.78 is 13.1. The van der Waals surface area contributed by atoms with Crippen LogP contribution in [0.4, 0.5) is 4.39 Å². The highest BCUT2D eigenvalue weighted by Gasteiger charge is 2.29. The fourth-order valence-electron chi connectivity index (χ4n) is 3.11. The van der Waals surface area contributed by atoms with Crippen molar-refractivity contribution >= 4 is 5.78 Å². The van der Waals surface area contributed by atoms with Crippen LogP contribution in [0.3, 0.4) is 0 Å². The van der Waals surface area contributed by atoms with Gasteiger partial charge in [-0.3, -0.25) is 9.69 Å². The third-order valence-corrected chi connectivity index (χ3v) is 4.25. The second-order valence-electron chi connectivity index (χ2n) is 5.78. The number of carbonyl (C=O) groups is 1. The van der Waals surface area contributed by atoms with E-state index in [1.807, 2.05) is 30.3 Å². The quantitative estimate of drug-likeness (QED) is 0.787. The summed E-state index contributed by atoms with van der Waals surface area (Å²) in [6.45, 7) is 1.87. The van der Waals surface area contributed by atoms with Crippen LogP contribution in [-0.2, 0) is 0 Å². The van der Waals surface area contributed by atoms with Crippen molar-refractivity contribution in [3.8, 4) is 0 Å². The van der Waals surface area contributed by atoms with E-state index in [-0.39, 0.29) is 17.6 Å². The van der Waals surface area contributed by atoms with Crippen LogP contribution in [0.15, 0.2) is 54.6 Å². The molecule has 2 aromatic rings. The number of nitrogens with zero attached hydrogens (tertiary/aromatic N) is 1. The fourth-order valence-corrected chi connectivity index (χ4v) is 3.11. The second-order valence-corrected chi connectivity index (χ2v) is 5.78. The number of halogens is 1. The van der Waals surface area contributed by atoms with Gasteiger partial charge in [-0.05, 0) is 55.8 Å². The lowest BCUT2D eigenvalue weighted by Gasteiger charge is -2.34. The molecule has 0 radical (unpaired) electrons. The van der Waals surface area contributed by atoms with Crippen molar-refractivity contribution in [3.63, 3.8) is 0 Å². The van der Waals surface area contributed by atoms with Gasteiger partial charge in [0, 0.05) is 5.56 Å². The van der Waals surface area contributed by atoms with E-state index in [1.54, 1.807) is 12.1 Å². The van der Waals surface area contributed by atoms with Gasteiger partial charge in [-0.1, -0.05) is 36.8 Å². The van der Waals surface area contributed by atoms with Crippen molar-refractivity contribution in [3.05, 3.63) is 71.5 Å². The van der Waals surface area contributed by atoms with Gasteiger partial charge in [0.15, 0.2) is 5.78 Å². The van der Waals surface area contributed by atoms with Crippen LogP contribution < -0.4 is 0 Å². The van der Waals surface area contributed by atoms with Crippen molar-refractivity contribution in [2.24, 2.45) is 0 Å². The smallest absolute Gasteiger partial charge is 0.184 e. The summed E-state index contributed by atoms with van der Waals surface area (Å²) in [5.41, 5.74) is 1.58. The number of carbonyl (C=O) groups excluding carboxylic acids is 1. The Morgan fingerprint density at radius 2 is 1.55 bits per heavy atom. The summed E-state index contributed by atoms with van der Waals surface area (Å²) in [5, 5.41) is 0. The Morgan fingerprint density at radius 1 is 0.909 bits per heavy atom. The number of hydrogen-bond acceptors (Lipinski definition) is 2. The number of rotatable bonds is 4. The predicted octanol–water partition coefficient (Wildman–Crippen LogP) is 4.24. The molecule has 1 heterocycles. The van der Waals surface area contributed by atoms with Gasteiger partial charge in [0.2, 0.25) is 0 Å². The van der Waals surface area contributed by atoms with E-state index in [0.717, 1.165) is 31.5 Å². The summed E-state index contributed by atoms with van der Waals surface area (Å²) in [6, 6.07) is 15.5. The largest absolute Gasteiger partial charge is 0.292 e. The summed E-state index contributed by atoms with van der Waals surface area (Å²) in [7, 11) is 0. The summed E-state index contributed by atoms with van der Waals surface area (Å²) in [5.74, 6) is -0.265. The van der Waals surface area contributed by atoms with Gasteiger partial charge >= 0.3 is 0 Å². The highest BCUT2D eigenvalue weighted by Crippen LogP contribution is 2.28. The van der Waals surface area contributed by atoms with Crippen LogP contribution >= 0.6 is 0 Å². The lowest BCUT2D eigenvalue weighted by atomic mass is 9.94. The molecule has 1 aliphatic heterocycles. The number of likely N-dealkylation sites (tertiary alicyclic amines) is 1. The zero-order valence-corrected chi connectivity index (χ0v) is 12.5. The van der Waals surface area contributed by atoms with E-state index in [0.29, 0.717) is 5.56 Å². The van der Waals surface area contributed by atoms with E-state index in [1.165, 1.54) is 18.6 Å².